The van der Waals surface area contributed by atoms with Gasteiger partial charge in [-0.25, -0.2) is 0 Å². The van der Waals surface area contributed by atoms with E-state index in [-0.39, 0.29) is 11.6 Å². The van der Waals surface area contributed by atoms with Gasteiger partial charge in [-0.3, -0.25) is 4.98 Å². The molecule has 146 valence electrons. The molecule has 1 aliphatic rings. The van der Waals surface area contributed by atoms with E-state index >= 15 is 0 Å². The molecule has 0 radical (unpaired) electrons. The molecule has 0 aliphatic heterocycles. The Morgan fingerprint density at radius 2 is 1.68 bits per heavy atom. The van der Waals surface area contributed by atoms with E-state index in [1.165, 1.54) is 25.3 Å². The second-order valence-corrected chi connectivity index (χ2v) is 7.29. The van der Waals surface area contributed by atoms with E-state index in [4.69, 9.17) is 4.74 Å². The van der Waals surface area contributed by atoms with Crippen LogP contribution < -0.4 is 0 Å². The van der Waals surface area contributed by atoms with Crippen LogP contribution >= 0.6 is 0 Å². The number of hydrogen-bond acceptors (Lipinski definition) is 2. The Morgan fingerprint density at radius 1 is 0.929 bits per heavy atom. The van der Waals surface area contributed by atoms with Crippen molar-refractivity contribution >= 4 is 10.9 Å². The number of ether oxygens (including phenoxy) is 1. The largest absolute Gasteiger partial charge is 0.418 e. The Bertz CT molecular complexity index is 947. The van der Waals surface area contributed by atoms with E-state index in [1.54, 1.807) is 12.3 Å². The van der Waals surface area contributed by atoms with Gasteiger partial charge in [0.25, 0.3) is 0 Å². The van der Waals surface area contributed by atoms with Crippen LogP contribution in [0.25, 0.3) is 22.0 Å². The second kappa shape index (κ2) is 7.92. The van der Waals surface area contributed by atoms with Crippen LogP contribution in [0, 0.1) is 0 Å². The van der Waals surface area contributed by atoms with Gasteiger partial charge in [0.05, 0.1) is 23.8 Å². The molecule has 4 rings (SSSR count). The lowest BCUT2D eigenvalue weighted by Gasteiger charge is -2.23. The third-order valence-corrected chi connectivity index (χ3v) is 5.37. The van der Waals surface area contributed by atoms with Gasteiger partial charge in [-0.05, 0) is 30.0 Å². The number of para-hydroxylation sites is 1. The Morgan fingerprint density at radius 3 is 2.39 bits per heavy atom. The van der Waals surface area contributed by atoms with Gasteiger partial charge in [-0.2, -0.15) is 13.2 Å². The summed E-state index contributed by atoms with van der Waals surface area (Å²) in [5.74, 6) is 0. The van der Waals surface area contributed by atoms with Crippen LogP contribution in [0.15, 0.2) is 54.7 Å². The van der Waals surface area contributed by atoms with Crippen molar-refractivity contribution in [3.8, 4) is 11.1 Å². The number of aromatic nitrogens is 1. The topological polar surface area (TPSA) is 22.1 Å². The average Bonchev–Trinajstić information content (AvgIpc) is 2.72. The van der Waals surface area contributed by atoms with E-state index < -0.39 is 11.7 Å². The molecule has 0 unspecified atom stereocenters. The standard InChI is InChI=1S/C23H22F3NO/c24-23(25,26)20-13-7-12-19-21(16-8-3-1-4-9-16)17(14-27-22(19)20)15-28-18-10-5-2-6-11-18/h1,3-4,7-9,12-14,18H,2,5-6,10-11,15H2. The van der Waals surface area contributed by atoms with Crippen molar-refractivity contribution in [2.75, 3.05) is 0 Å². The zero-order chi connectivity index (χ0) is 19.6. The Kier molecular flexibility index (Phi) is 5.36. The first kappa shape index (κ1) is 18.9. The minimum atomic E-state index is -4.44. The number of rotatable bonds is 4. The van der Waals surface area contributed by atoms with Crippen molar-refractivity contribution in [3.05, 3.63) is 65.9 Å². The molecule has 0 amide bonds. The summed E-state index contributed by atoms with van der Waals surface area (Å²) in [5, 5.41) is 0.505. The van der Waals surface area contributed by atoms with Crippen LogP contribution in [0.2, 0.25) is 0 Å². The molecular weight excluding hydrogens is 363 g/mol. The van der Waals surface area contributed by atoms with Gasteiger partial charge < -0.3 is 4.74 Å². The molecule has 5 heteroatoms. The van der Waals surface area contributed by atoms with E-state index in [9.17, 15) is 13.2 Å². The minimum absolute atomic E-state index is 0.0183. The second-order valence-electron chi connectivity index (χ2n) is 7.29. The smallest absolute Gasteiger partial charge is 0.373 e. The fourth-order valence-corrected chi connectivity index (χ4v) is 3.99. The number of nitrogens with zero attached hydrogens (tertiary/aromatic N) is 1. The fourth-order valence-electron chi connectivity index (χ4n) is 3.99. The summed E-state index contributed by atoms with van der Waals surface area (Å²) in [6, 6.07) is 13.8. The van der Waals surface area contributed by atoms with Gasteiger partial charge in [-0.1, -0.05) is 61.7 Å². The predicted octanol–water partition coefficient (Wildman–Crippen LogP) is 6.77. The Labute approximate surface area is 162 Å². The van der Waals surface area contributed by atoms with Crippen molar-refractivity contribution in [3.63, 3.8) is 0 Å². The quantitative estimate of drug-likeness (QED) is 0.494. The van der Waals surface area contributed by atoms with Gasteiger partial charge in [0.2, 0.25) is 0 Å². The molecule has 1 aliphatic carbocycles. The first-order valence-corrected chi connectivity index (χ1v) is 9.69. The van der Waals surface area contributed by atoms with Gasteiger partial charge in [-0.15, -0.1) is 0 Å². The van der Waals surface area contributed by atoms with Crippen molar-refractivity contribution in [1.82, 2.24) is 4.98 Å². The van der Waals surface area contributed by atoms with Crippen LogP contribution in [0.5, 0.6) is 0 Å². The highest BCUT2D eigenvalue weighted by molar-refractivity contribution is 5.97. The number of hydrogen-bond donors (Lipinski definition) is 0. The normalized spacial score (nSPS) is 15.8. The maximum absolute atomic E-state index is 13.5. The van der Waals surface area contributed by atoms with Gasteiger partial charge in [0.1, 0.15) is 0 Å². The third-order valence-electron chi connectivity index (χ3n) is 5.37. The molecular formula is C23H22F3NO. The van der Waals surface area contributed by atoms with Crippen molar-refractivity contribution in [1.29, 1.82) is 0 Å². The molecule has 0 saturated heterocycles. The molecule has 0 bridgehead atoms. The van der Waals surface area contributed by atoms with Crippen molar-refractivity contribution in [2.45, 2.75) is 51.0 Å². The fraction of sp³-hybridized carbons (Fsp3) is 0.348. The van der Waals surface area contributed by atoms with Crippen LogP contribution in [0.1, 0.15) is 43.2 Å². The first-order chi connectivity index (χ1) is 13.5. The molecule has 2 nitrogen and oxygen atoms in total. The highest BCUT2D eigenvalue weighted by atomic mass is 19.4. The molecule has 0 N–H and O–H groups in total. The molecule has 2 aromatic carbocycles. The highest BCUT2D eigenvalue weighted by Crippen LogP contribution is 2.38. The average molecular weight is 385 g/mol. The summed E-state index contributed by atoms with van der Waals surface area (Å²) in [4.78, 5) is 4.20. The SMILES string of the molecule is FC(F)(F)c1cccc2c(-c3ccccc3)c(COC3CCCCC3)cnc12. The molecule has 0 atom stereocenters. The van der Waals surface area contributed by atoms with E-state index in [0.29, 0.717) is 12.0 Å². The summed E-state index contributed by atoms with van der Waals surface area (Å²) in [5.41, 5.74) is 1.74. The Hall–Kier alpha value is -2.40. The number of fused-ring (bicyclic) bond motifs is 1. The van der Waals surface area contributed by atoms with Crippen LogP contribution in [-0.2, 0) is 17.5 Å². The number of alkyl halides is 3. The van der Waals surface area contributed by atoms with Crippen LogP contribution in [0.4, 0.5) is 13.2 Å². The zero-order valence-electron chi connectivity index (χ0n) is 15.5. The monoisotopic (exact) mass is 385 g/mol. The number of halogens is 3. The molecule has 1 aromatic heterocycles. The van der Waals surface area contributed by atoms with E-state index in [1.807, 2.05) is 30.3 Å². The zero-order valence-corrected chi connectivity index (χ0v) is 15.5. The van der Waals surface area contributed by atoms with Crippen molar-refractivity contribution in [2.24, 2.45) is 0 Å². The van der Waals surface area contributed by atoms with Crippen molar-refractivity contribution < 1.29 is 17.9 Å². The lowest BCUT2D eigenvalue weighted by atomic mass is 9.94. The lowest BCUT2D eigenvalue weighted by molar-refractivity contribution is -0.136. The Balaban J connectivity index is 1.80. The maximum Gasteiger partial charge on any atom is 0.418 e. The van der Waals surface area contributed by atoms with Crippen LogP contribution in [-0.4, -0.2) is 11.1 Å². The summed E-state index contributed by atoms with van der Waals surface area (Å²) in [6.07, 6.45) is 2.98. The van der Waals surface area contributed by atoms with Gasteiger partial charge in [0.15, 0.2) is 0 Å². The third kappa shape index (κ3) is 3.90. The lowest BCUT2D eigenvalue weighted by Crippen LogP contribution is -2.16. The first-order valence-electron chi connectivity index (χ1n) is 9.69. The molecule has 1 heterocycles. The predicted molar refractivity (Wildman–Crippen MR) is 104 cm³/mol. The molecule has 3 aromatic rings. The molecule has 1 fully saturated rings. The number of pyridine rings is 1. The maximum atomic E-state index is 13.5. The summed E-state index contributed by atoms with van der Waals surface area (Å²) in [6.45, 7) is 0.355. The van der Waals surface area contributed by atoms with E-state index in [0.717, 1.165) is 35.6 Å². The van der Waals surface area contributed by atoms with Gasteiger partial charge in [0, 0.05) is 17.1 Å². The number of benzene rings is 2. The molecule has 0 spiro atoms. The highest BCUT2D eigenvalue weighted by Gasteiger charge is 2.33. The van der Waals surface area contributed by atoms with Gasteiger partial charge >= 0.3 is 6.18 Å². The summed E-state index contributed by atoms with van der Waals surface area (Å²) >= 11 is 0. The summed E-state index contributed by atoms with van der Waals surface area (Å²) < 4.78 is 46.6. The summed E-state index contributed by atoms with van der Waals surface area (Å²) in [7, 11) is 0. The van der Waals surface area contributed by atoms with E-state index in [2.05, 4.69) is 4.98 Å². The van der Waals surface area contributed by atoms with Crippen LogP contribution in [0.3, 0.4) is 0 Å². The molecule has 28 heavy (non-hydrogen) atoms. The molecule has 1 saturated carbocycles. The minimum Gasteiger partial charge on any atom is -0.373 e.